The van der Waals surface area contributed by atoms with Crippen molar-refractivity contribution in [2.24, 2.45) is 0 Å². The number of ether oxygens (including phenoxy) is 1. The van der Waals surface area contributed by atoms with E-state index < -0.39 is 23.6 Å². The van der Waals surface area contributed by atoms with Crippen LogP contribution < -0.4 is 10.1 Å². The number of methoxy groups -OCH3 is 1. The quantitative estimate of drug-likeness (QED) is 0.536. The number of aliphatic carboxylic acids is 2. The summed E-state index contributed by atoms with van der Waals surface area (Å²) in [5.74, 6) is -4.43. The van der Waals surface area contributed by atoms with Gasteiger partial charge in [-0.3, -0.25) is 0 Å². The Labute approximate surface area is 149 Å². The molecule has 0 aliphatic rings. The summed E-state index contributed by atoms with van der Waals surface area (Å²) >= 11 is 0. The van der Waals surface area contributed by atoms with Crippen LogP contribution in [0.2, 0.25) is 0 Å². The molecule has 0 saturated heterocycles. The van der Waals surface area contributed by atoms with Crippen molar-refractivity contribution in [1.29, 1.82) is 0 Å². The van der Waals surface area contributed by atoms with Crippen LogP contribution >= 0.6 is 0 Å². The first kappa shape index (κ1) is 21.0. The van der Waals surface area contributed by atoms with E-state index in [-0.39, 0.29) is 0 Å². The van der Waals surface area contributed by atoms with Crippen molar-refractivity contribution in [1.82, 2.24) is 5.32 Å². The molecule has 2 rings (SSSR count). The lowest BCUT2D eigenvalue weighted by atomic mass is 10.1. The van der Waals surface area contributed by atoms with Gasteiger partial charge in [0.05, 0.1) is 7.11 Å². The Morgan fingerprint density at radius 3 is 2.27 bits per heavy atom. The molecule has 0 heterocycles. The summed E-state index contributed by atoms with van der Waals surface area (Å²) in [6.07, 6.45) is 0.848. The van der Waals surface area contributed by atoms with Crippen molar-refractivity contribution in [2.45, 2.75) is 13.0 Å². The molecule has 0 saturated carbocycles. The van der Waals surface area contributed by atoms with E-state index in [2.05, 4.69) is 5.32 Å². The number of benzene rings is 2. The molecule has 2 aromatic carbocycles. The summed E-state index contributed by atoms with van der Waals surface area (Å²) in [5.41, 5.74) is 1.90. The van der Waals surface area contributed by atoms with Crippen LogP contribution in [0.1, 0.15) is 11.1 Å². The van der Waals surface area contributed by atoms with Crippen LogP contribution in [0.4, 0.5) is 8.78 Å². The van der Waals surface area contributed by atoms with Crippen LogP contribution in [0, 0.1) is 11.6 Å². The fourth-order valence-electron chi connectivity index (χ4n) is 1.94. The van der Waals surface area contributed by atoms with Crippen molar-refractivity contribution in [3.05, 3.63) is 65.2 Å². The van der Waals surface area contributed by atoms with Gasteiger partial charge in [-0.15, -0.1) is 0 Å². The Balaban J connectivity index is 0.000000487. The van der Waals surface area contributed by atoms with Gasteiger partial charge < -0.3 is 20.3 Å². The average Bonchev–Trinajstić information content (AvgIpc) is 2.62. The monoisotopic (exact) mass is 367 g/mol. The first-order valence-corrected chi connectivity index (χ1v) is 7.57. The Kier molecular flexibility index (Phi) is 8.72. The lowest BCUT2D eigenvalue weighted by molar-refractivity contribution is -0.159. The fraction of sp³-hybridized carbons (Fsp3) is 0.222. The molecule has 0 aromatic heterocycles. The molecule has 0 aliphatic heterocycles. The molecule has 0 bridgehead atoms. The molecule has 8 heteroatoms. The minimum Gasteiger partial charge on any atom is -0.497 e. The number of hydrogen-bond donors (Lipinski definition) is 3. The number of halogens is 2. The van der Waals surface area contributed by atoms with E-state index in [0.717, 1.165) is 30.3 Å². The van der Waals surface area contributed by atoms with Crippen LogP contribution in [0.25, 0.3) is 0 Å². The average molecular weight is 367 g/mol. The van der Waals surface area contributed by atoms with Gasteiger partial charge >= 0.3 is 11.9 Å². The molecule has 0 amide bonds. The highest BCUT2D eigenvalue weighted by atomic mass is 19.2. The second-order valence-corrected chi connectivity index (χ2v) is 5.14. The molecule has 2 aromatic rings. The van der Waals surface area contributed by atoms with Gasteiger partial charge in [-0.2, -0.15) is 0 Å². The largest absolute Gasteiger partial charge is 0.497 e. The Morgan fingerprint density at radius 2 is 1.69 bits per heavy atom. The van der Waals surface area contributed by atoms with E-state index in [1.54, 1.807) is 13.2 Å². The van der Waals surface area contributed by atoms with E-state index in [9.17, 15) is 8.78 Å². The normalized spacial score (nSPS) is 9.81. The van der Waals surface area contributed by atoms with Crippen LogP contribution in [0.5, 0.6) is 5.75 Å². The second kappa shape index (κ2) is 10.8. The van der Waals surface area contributed by atoms with E-state index >= 15 is 0 Å². The zero-order chi connectivity index (χ0) is 19.5. The number of carboxylic acid groups (broad SMARTS) is 2. The molecule has 6 nitrogen and oxygen atoms in total. The van der Waals surface area contributed by atoms with E-state index in [1.807, 2.05) is 24.3 Å². The highest BCUT2D eigenvalue weighted by molar-refractivity contribution is 6.27. The maximum atomic E-state index is 13.0. The Morgan fingerprint density at radius 1 is 1.00 bits per heavy atom. The summed E-state index contributed by atoms with van der Waals surface area (Å²) in [4.78, 5) is 18.2. The summed E-state index contributed by atoms with van der Waals surface area (Å²) in [7, 11) is 1.64. The molecule has 3 N–H and O–H groups in total. The number of carboxylic acids is 2. The van der Waals surface area contributed by atoms with Crippen LogP contribution in [-0.2, 0) is 22.6 Å². The number of hydrogen-bond acceptors (Lipinski definition) is 4. The highest BCUT2D eigenvalue weighted by Gasteiger charge is 2.04. The van der Waals surface area contributed by atoms with Crippen molar-refractivity contribution in [3.8, 4) is 5.75 Å². The predicted molar refractivity (Wildman–Crippen MR) is 90.0 cm³/mol. The molecule has 0 fully saturated rings. The van der Waals surface area contributed by atoms with Gasteiger partial charge in [-0.25, -0.2) is 18.4 Å². The van der Waals surface area contributed by atoms with Gasteiger partial charge in [0.25, 0.3) is 0 Å². The lowest BCUT2D eigenvalue weighted by Crippen LogP contribution is -2.16. The zero-order valence-corrected chi connectivity index (χ0v) is 14.0. The molecular weight excluding hydrogens is 348 g/mol. The second-order valence-electron chi connectivity index (χ2n) is 5.14. The molecule has 0 spiro atoms. The zero-order valence-electron chi connectivity index (χ0n) is 14.0. The van der Waals surface area contributed by atoms with E-state index in [4.69, 9.17) is 24.5 Å². The summed E-state index contributed by atoms with van der Waals surface area (Å²) < 4.78 is 30.9. The van der Waals surface area contributed by atoms with Gasteiger partial charge in [0.2, 0.25) is 0 Å². The topological polar surface area (TPSA) is 95.9 Å². The van der Waals surface area contributed by atoms with E-state index in [1.165, 1.54) is 11.6 Å². The fourth-order valence-corrected chi connectivity index (χ4v) is 1.94. The van der Waals surface area contributed by atoms with E-state index in [0.29, 0.717) is 6.54 Å². The highest BCUT2D eigenvalue weighted by Crippen LogP contribution is 2.13. The standard InChI is InChI=1S/C16H17F2NO.C2H2O4/c1-20-14-4-2-3-12(9-14)7-8-19-11-13-5-6-15(17)16(18)10-13;3-1(4)2(5)6/h2-6,9-10,19H,7-8,11H2,1H3;(H,3,4)(H,5,6). The molecule has 0 unspecified atom stereocenters. The van der Waals surface area contributed by atoms with Crippen molar-refractivity contribution < 1.29 is 33.3 Å². The number of carbonyl (C=O) groups is 2. The van der Waals surface area contributed by atoms with Crippen molar-refractivity contribution in [3.63, 3.8) is 0 Å². The van der Waals surface area contributed by atoms with Crippen LogP contribution in [-0.4, -0.2) is 35.8 Å². The minimum atomic E-state index is -1.82. The summed E-state index contributed by atoms with van der Waals surface area (Å²) in [6.45, 7) is 1.27. The van der Waals surface area contributed by atoms with Gasteiger partial charge in [0.15, 0.2) is 11.6 Å². The first-order valence-electron chi connectivity index (χ1n) is 7.57. The molecule has 0 aliphatic carbocycles. The first-order chi connectivity index (χ1) is 12.3. The van der Waals surface area contributed by atoms with Crippen molar-refractivity contribution >= 4 is 11.9 Å². The minimum absolute atomic E-state index is 0.515. The molecule has 140 valence electrons. The molecule has 26 heavy (non-hydrogen) atoms. The summed E-state index contributed by atoms with van der Waals surface area (Å²) in [5, 5.41) is 18.0. The maximum absolute atomic E-state index is 13.0. The smallest absolute Gasteiger partial charge is 0.414 e. The van der Waals surface area contributed by atoms with Gasteiger partial charge in [-0.05, 0) is 48.4 Å². The Hall–Kier alpha value is -3.00. The van der Waals surface area contributed by atoms with Gasteiger partial charge in [0.1, 0.15) is 5.75 Å². The number of rotatable bonds is 6. The predicted octanol–water partition coefficient (Wildman–Crippen LogP) is 2.46. The van der Waals surface area contributed by atoms with Gasteiger partial charge in [0, 0.05) is 6.54 Å². The molecule has 0 radical (unpaired) electrons. The SMILES string of the molecule is COc1cccc(CCNCc2ccc(F)c(F)c2)c1.O=C(O)C(=O)O. The van der Waals surface area contributed by atoms with Crippen LogP contribution in [0.15, 0.2) is 42.5 Å². The third-order valence-electron chi connectivity index (χ3n) is 3.22. The summed E-state index contributed by atoms with van der Waals surface area (Å²) in [6, 6.07) is 11.8. The lowest BCUT2D eigenvalue weighted by Gasteiger charge is -2.07. The molecule has 0 atom stereocenters. The number of nitrogens with one attached hydrogen (secondary N) is 1. The third-order valence-corrected chi connectivity index (χ3v) is 3.22. The Bertz CT molecular complexity index is 740. The van der Waals surface area contributed by atoms with Crippen molar-refractivity contribution in [2.75, 3.05) is 13.7 Å². The van der Waals surface area contributed by atoms with Gasteiger partial charge in [-0.1, -0.05) is 18.2 Å². The third kappa shape index (κ3) is 7.71. The molecular formula is C18H19F2NO5. The maximum Gasteiger partial charge on any atom is 0.414 e. The van der Waals surface area contributed by atoms with Crippen LogP contribution in [0.3, 0.4) is 0 Å².